The molecule has 0 amide bonds. The first-order valence-electron chi connectivity index (χ1n) is 9.92. The van der Waals surface area contributed by atoms with Crippen LogP contribution in [0, 0.1) is 12.8 Å². The van der Waals surface area contributed by atoms with E-state index in [0.29, 0.717) is 5.92 Å². The summed E-state index contributed by atoms with van der Waals surface area (Å²) >= 11 is 0. The zero-order valence-electron chi connectivity index (χ0n) is 17.3. The van der Waals surface area contributed by atoms with Crippen LogP contribution < -0.4 is 10.6 Å². The number of nitrogens with one attached hydrogen (secondary N) is 2. The number of hydrogen-bond donors (Lipinski definition) is 2. The van der Waals surface area contributed by atoms with E-state index in [4.69, 9.17) is 0 Å². The lowest BCUT2D eigenvalue weighted by Crippen LogP contribution is -2.12. The van der Waals surface area contributed by atoms with E-state index in [1.807, 2.05) is 25.3 Å². The molecule has 3 nitrogen and oxygen atoms in total. The second kappa shape index (κ2) is 9.24. The summed E-state index contributed by atoms with van der Waals surface area (Å²) in [5.41, 5.74) is 8.22. The van der Waals surface area contributed by atoms with Gasteiger partial charge < -0.3 is 10.6 Å². The minimum Gasteiger partial charge on any atom is -0.363 e. The lowest BCUT2D eigenvalue weighted by Gasteiger charge is -2.16. The van der Waals surface area contributed by atoms with Gasteiger partial charge in [-0.2, -0.15) is 0 Å². The maximum absolute atomic E-state index is 4.29. The van der Waals surface area contributed by atoms with Gasteiger partial charge in [0.2, 0.25) is 0 Å². The third-order valence-corrected chi connectivity index (χ3v) is 4.91. The highest BCUT2D eigenvalue weighted by Crippen LogP contribution is 2.34. The summed E-state index contributed by atoms with van der Waals surface area (Å²) in [5.74, 6) is 0.610. The fourth-order valence-electron chi connectivity index (χ4n) is 3.13. The summed E-state index contributed by atoms with van der Waals surface area (Å²) < 4.78 is 0. The van der Waals surface area contributed by atoms with Crippen LogP contribution in [-0.4, -0.2) is 4.98 Å². The first-order valence-corrected chi connectivity index (χ1v) is 9.92. The number of aromatic nitrogens is 1. The molecule has 2 aromatic rings. The van der Waals surface area contributed by atoms with E-state index in [2.05, 4.69) is 72.6 Å². The average Bonchev–Trinajstić information content (AvgIpc) is 3.54. The molecule has 1 heterocycles. The van der Waals surface area contributed by atoms with E-state index < -0.39 is 0 Å². The van der Waals surface area contributed by atoms with Gasteiger partial charge in [-0.1, -0.05) is 61.7 Å². The number of benzene rings is 1. The maximum atomic E-state index is 4.29. The van der Waals surface area contributed by atoms with E-state index in [-0.39, 0.29) is 0 Å². The van der Waals surface area contributed by atoms with E-state index in [0.717, 1.165) is 39.5 Å². The quantitative estimate of drug-likeness (QED) is 0.485. The van der Waals surface area contributed by atoms with Crippen molar-refractivity contribution in [1.82, 2.24) is 10.3 Å². The molecule has 0 saturated heterocycles. The third kappa shape index (κ3) is 5.58. The van der Waals surface area contributed by atoms with Gasteiger partial charge in [0.25, 0.3) is 0 Å². The van der Waals surface area contributed by atoms with Crippen molar-refractivity contribution in [2.24, 2.45) is 5.92 Å². The Morgan fingerprint density at radius 2 is 1.86 bits per heavy atom. The number of nitrogens with zero attached hydrogens (tertiary/aromatic N) is 1. The molecule has 0 aliphatic heterocycles. The van der Waals surface area contributed by atoms with Gasteiger partial charge in [-0.15, -0.1) is 0 Å². The molecule has 1 aromatic heterocycles. The van der Waals surface area contributed by atoms with Crippen molar-refractivity contribution in [2.45, 2.75) is 26.7 Å². The number of rotatable bonds is 9. The lowest BCUT2D eigenvalue weighted by molar-refractivity contribution is 0.847. The van der Waals surface area contributed by atoms with Crippen LogP contribution in [0.15, 0.2) is 103 Å². The molecule has 1 saturated carbocycles. The van der Waals surface area contributed by atoms with E-state index in [9.17, 15) is 0 Å². The smallest absolute Gasteiger partial charge is 0.0650 e. The molecular formula is C26H29N3. The third-order valence-electron chi connectivity index (χ3n) is 4.91. The van der Waals surface area contributed by atoms with Crippen LogP contribution in [-0.2, 0) is 0 Å². The zero-order valence-corrected chi connectivity index (χ0v) is 17.3. The fraction of sp³-hybridized carbons (Fsp3) is 0.192. The van der Waals surface area contributed by atoms with Crippen molar-refractivity contribution in [1.29, 1.82) is 0 Å². The topological polar surface area (TPSA) is 37.0 Å². The van der Waals surface area contributed by atoms with Crippen molar-refractivity contribution >= 4 is 5.69 Å². The first-order chi connectivity index (χ1) is 14.0. The molecule has 0 unspecified atom stereocenters. The molecule has 2 N–H and O–H groups in total. The number of pyridine rings is 1. The molecule has 148 valence electrons. The highest BCUT2D eigenvalue weighted by atomic mass is 14.9. The Morgan fingerprint density at radius 3 is 2.52 bits per heavy atom. The normalized spacial score (nSPS) is 14.3. The molecule has 1 fully saturated rings. The Labute approximate surface area is 174 Å². The van der Waals surface area contributed by atoms with Crippen LogP contribution in [0.2, 0.25) is 0 Å². The molecule has 0 bridgehead atoms. The zero-order chi connectivity index (χ0) is 20.8. The second-order valence-corrected chi connectivity index (χ2v) is 7.50. The Bertz CT molecular complexity index is 973. The molecule has 1 aliphatic rings. The molecule has 0 radical (unpaired) electrons. The summed E-state index contributed by atoms with van der Waals surface area (Å²) in [5, 5.41) is 6.84. The molecule has 0 atom stereocenters. The van der Waals surface area contributed by atoms with Crippen LogP contribution >= 0.6 is 0 Å². The minimum atomic E-state index is 0.610. The van der Waals surface area contributed by atoms with Crippen LogP contribution in [0.5, 0.6) is 0 Å². The molecule has 0 spiro atoms. The molecule has 3 rings (SSSR count). The monoisotopic (exact) mass is 383 g/mol. The van der Waals surface area contributed by atoms with Gasteiger partial charge in [-0.05, 0) is 55.9 Å². The summed E-state index contributed by atoms with van der Waals surface area (Å²) in [6, 6.07) is 10.5. The Hall–Kier alpha value is -3.33. The minimum absolute atomic E-state index is 0.610. The molecule has 29 heavy (non-hydrogen) atoms. The highest BCUT2D eigenvalue weighted by Gasteiger charge is 2.24. The van der Waals surface area contributed by atoms with Crippen molar-refractivity contribution in [3.8, 4) is 11.1 Å². The van der Waals surface area contributed by atoms with Gasteiger partial charge in [0.1, 0.15) is 0 Å². The summed E-state index contributed by atoms with van der Waals surface area (Å²) in [4.78, 5) is 4.29. The van der Waals surface area contributed by atoms with E-state index >= 15 is 0 Å². The largest absolute Gasteiger partial charge is 0.363 e. The van der Waals surface area contributed by atoms with Crippen LogP contribution in [0.1, 0.15) is 25.3 Å². The van der Waals surface area contributed by atoms with Crippen LogP contribution in [0.3, 0.4) is 0 Å². The van der Waals surface area contributed by atoms with Crippen LogP contribution in [0.4, 0.5) is 5.69 Å². The van der Waals surface area contributed by atoms with E-state index in [1.165, 1.54) is 18.4 Å². The van der Waals surface area contributed by atoms with E-state index in [1.54, 1.807) is 12.3 Å². The van der Waals surface area contributed by atoms with Gasteiger partial charge in [-0.3, -0.25) is 4.98 Å². The predicted octanol–water partition coefficient (Wildman–Crippen LogP) is 6.51. The molecule has 3 heteroatoms. The second-order valence-electron chi connectivity index (χ2n) is 7.50. The predicted molar refractivity (Wildman–Crippen MR) is 124 cm³/mol. The number of aryl methyl sites for hydroxylation is 1. The Kier molecular flexibility index (Phi) is 6.50. The van der Waals surface area contributed by atoms with Gasteiger partial charge in [-0.25, -0.2) is 0 Å². The van der Waals surface area contributed by atoms with Crippen molar-refractivity contribution in [2.75, 3.05) is 5.32 Å². The van der Waals surface area contributed by atoms with Crippen molar-refractivity contribution in [3.63, 3.8) is 0 Å². The standard InChI is InChI=1S/C26H29N3/c1-6-7-24(16-19(3)28-20(4)22-12-13-22)21(5)29-26-17-27-15-14-25(26)23-10-8-18(2)9-11-23/h6-11,14-17,22,28-29H,1,4-5,12-13H2,2-3H3/b19-16+,24-7+. The SMILES string of the molecule is C=C/C=C(\C=C(/C)NC(=C)C1CC1)C(=C)Nc1cnccc1-c1ccc(C)cc1. The van der Waals surface area contributed by atoms with Gasteiger partial charge in [0.05, 0.1) is 11.9 Å². The Morgan fingerprint density at radius 1 is 1.14 bits per heavy atom. The molecular weight excluding hydrogens is 354 g/mol. The molecule has 1 aromatic carbocycles. The first kappa shape index (κ1) is 20.4. The lowest BCUT2D eigenvalue weighted by atomic mass is 10.0. The highest BCUT2D eigenvalue weighted by molar-refractivity contribution is 5.79. The van der Waals surface area contributed by atoms with Crippen LogP contribution in [0.25, 0.3) is 11.1 Å². The molecule has 1 aliphatic carbocycles. The van der Waals surface area contributed by atoms with Crippen molar-refractivity contribution < 1.29 is 0 Å². The summed E-state index contributed by atoms with van der Waals surface area (Å²) in [6.07, 6.45) is 11.9. The van der Waals surface area contributed by atoms with Crippen molar-refractivity contribution in [3.05, 3.63) is 109 Å². The van der Waals surface area contributed by atoms with Gasteiger partial charge >= 0.3 is 0 Å². The van der Waals surface area contributed by atoms with Gasteiger partial charge in [0, 0.05) is 28.9 Å². The average molecular weight is 384 g/mol. The Balaban J connectivity index is 1.80. The van der Waals surface area contributed by atoms with Gasteiger partial charge in [0.15, 0.2) is 0 Å². The number of hydrogen-bond acceptors (Lipinski definition) is 3. The fourth-order valence-corrected chi connectivity index (χ4v) is 3.13. The summed E-state index contributed by atoms with van der Waals surface area (Å²) in [7, 11) is 0. The maximum Gasteiger partial charge on any atom is 0.0650 e. The number of allylic oxidation sites excluding steroid dienone is 5. The number of anilines is 1. The summed E-state index contributed by atoms with van der Waals surface area (Å²) in [6.45, 7) is 16.4.